The maximum Gasteiger partial charge on any atom is 0.243 e. The molecule has 3 aromatic rings. The van der Waals surface area contributed by atoms with E-state index in [-0.39, 0.29) is 15.9 Å². The van der Waals surface area contributed by atoms with Crippen molar-refractivity contribution in [2.24, 2.45) is 0 Å². The van der Waals surface area contributed by atoms with Crippen LogP contribution < -0.4 is 0 Å². The number of sulfonamides is 1. The predicted molar refractivity (Wildman–Crippen MR) is 130 cm³/mol. The molecular weight excluding hydrogens is 456 g/mol. The van der Waals surface area contributed by atoms with E-state index in [2.05, 4.69) is 10.2 Å². The molecule has 7 nitrogen and oxygen atoms in total. The standard InChI is InChI=1S/C24H28N4O3S2/c1-3-27(4-2)33(30,31)20-13-8-12-19(16-20)23-25-26-24(32-22-15-9-14-21(22)29)28(23)17-18-10-6-5-7-11-18/h5-8,10-13,16,22H,3-4,9,14-15,17H2,1-2H3. The highest BCUT2D eigenvalue weighted by atomic mass is 32.2. The lowest BCUT2D eigenvalue weighted by molar-refractivity contribution is -0.116. The maximum atomic E-state index is 13.1. The summed E-state index contributed by atoms with van der Waals surface area (Å²) in [5.41, 5.74) is 1.75. The fourth-order valence-electron chi connectivity index (χ4n) is 4.04. The van der Waals surface area contributed by atoms with Gasteiger partial charge in [0.25, 0.3) is 0 Å². The Morgan fingerprint density at radius 2 is 1.82 bits per heavy atom. The average molecular weight is 485 g/mol. The van der Waals surface area contributed by atoms with Crippen molar-refractivity contribution >= 4 is 27.6 Å². The fraction of sp³-hybridized carbons (Fsp3) is 0.375. The van der Waals surface area contributed by atoms with Crippen LogP contribution in [0.25, 0.3) is 11.4 Å². The zero-order valence-electron chi connectivity index (χ0n) is 18.8. The summed E-state index contributed by atoms with van der Waals surface area (Å²) in [6, 6.07) is 16.8. The Kier molecular flexibility index (Phi) is 7.31. The first-order valence-electron chi connectivity index (χ1n) is 11.2. The molecule has 1 aliphatic rings. The van der Waals surface area contributed by atoms with E-state index in [0.717, 1.165) is 18.4 Å². The Hall–Kier alpha value is -2.49. The van der Waals surface area contributed by atoms with Crippen LogP contribution in [-0.4, -0.2) is 51.6 Å². The monoisotopic (exact) mass is 484 g/mol. The molecule has 0 aliphatic heterocycles. The van der Waals surface area contributed by atoms with Crippen LogP contribution in [0.4, 0.5) is 0 Å². The van der Waals surface area contributed by atoms with E-state index < -0.39 is 10.0 Å². The Morgan fingerprint density at radius 3 is 2.48 bits per heavy atom. The number of Topliss-reactive ketones (excluding diaryl/α,β-unsaturated/α-hetero) is 1. The van der Waals surface area contributed by atoms with Gasteiger partial charge in [0.05, 0.1) is 16.7 Å². The summed E-state index contributed by atoms with van der Waals surface area (Å²) in [6.45, 7) is 5.00. The van der Waals surface area contributed by atoms with Crippen molar-refractivity contribution in [3.05, 3.63) is 60.2 Å². The van der Waals surface area contributed by atoms with Crippen molar-refractivity contribution in [3.63, 3.8) is 0 Å². The van der Waals surface area contributed by atoms with E-state index in [9.17, 15) is 13.2 Å². The van der Waals surface area contributed by atoms with Crippen LogP contribution in [0.1, 0.15) is 38.7 Å². The third-order valence-corrected chi connectivity index (χ3v) is 9.17. The number of hydrogen-bond donors (Lipinski definition) is 0. The molecule has 0 amide bonds. The molecule has 174 valence electrons. The number of thioether (sulfide) groups is 1. The second-order valence-corrected chi connectivity index (χ2v) is 11.1. The smallest absolute Gasteiger partial charge is 0.243 e. The lowest BCUT2D eigenvalue weighted by Gasteiger charge is -2.19. The molecule has 2 aromatic carbocycles. The first-order chi connectivity index (χ1) is 15.9. The van der Waals surface area contributed by atoms with Crippen LogP contribution in [0.2, 0.25) is 0 Å². The molecule has 0 bridgehead atoms. The van der Waals surface area contributed by atoms with Gasteiger partial charge in [0.2, 0.25) is 10.0 Å². The Bertz CT molecular complexity index is 1220. The molecule has 9 heteroatoms. The molecule has 33 heavy (non-hydrogen) atoms. The molecule has 1 atom stereocenters. The van der Waals surface area contributed by atoms with Gasteiger partial charge in [-0.05, 0) is 30.5 Å². The van der Waals surface area contributed by atoms with Crippen molar-refractivity contribution < 1.29 is 13.2 Å². The molecule has 1 aliphatic carbocycles. The fourth-order valence-corrected chi connectivity index (χ4v) is 6.70. The molecule has 1 heterocycles. The summed E-state index contributed by atoms with van der Waals surface area (Å²) in [7, 11) is -3.60. The third kappa shape index (κ3) is 5.05. The minimum atomic E-state index is -3.60. The zero-order valence-corrected chi connectivity index (χ0v) is 20.5. The Morgan fingerprint density at radius 1 is 1.06 bits per heavy atom. The third-order valence-electron chi connectivity index (χ3n) is 5.83. The van der Waals surface area contributed by atoms with Gasteiger partial charge >= 0.3 is 0 Å². The average Bonchev–Trinajstić information content (AvgIpc) is 3.41. The van der Waals surface area contributed by atoms with Crippen molar-refractivity contribution in [2.75, 3.05) is 13.1 Å². The van der Waals surface area contributed by atoms with Gasteiger partial charge in [0.1, 0.15) is 5.78 Å². The number of hydrogen-bond acceptors (Lipinski definition) is 6. The summed E-state index contributed by atoms with van der Waals surface area (Å²) in [5, 5.41) is 9.41. The van der Waals surface area contributed by atoms with Gasteiger partial charge in [-0.2, -0.15) is 4.31 Å². The summed E-state index contributed by atoms with van der Waals surface area (Å²) < 4.78 is 29.6. The SMILES string of the molecule is CCN(CC)S(=O)(=O)c1cccc(-c2nnc(SC3CCCC3=O)n2Cc2ccccc2)c1. The van der Waals surface area contributed by atoms with Crippen molar-refractivity contribution in [1.29, 1.82) is 0 Å². The molecule has 1 aromatic heterocycles. The van der Waals surface area contributed by atoms with Crippen molar-refractivity contribution in [3.8, 4) is 11.4 Å². The zero-order chi connectivity index (χ0) is 23.4. The Labute approximate surface area is 199 Å². The largest absolute Gasteiger partial charge is 0.298 e. The predicted octanol–water partition coefficient (Wildman–Crippen LogP) is 4.24. The summed E-state index contributed by atoms with van der Waals surface area (Å²) in [4.78, 5) is 12.5. The van der Waals surface area contributed by atoms with E-state index in [0.29, 0.717) is 42.6 Å². The molecule has 0 radical (unpaired) electrons. The molecule has 1 saturated carbocycles. The van der Waals surface area contributed by atoms with Crippen molar-refractivity contribution in [1.82, 2.24) is 19.1 Å². The highest BCUT2D eigenvalue weighted by molar-refractivity contribution is 8.00. The Balaban J connectivity index is 1.75. The van der Waals surface area contributed by atoms with E-state index in [1.54, 1.807) is 18.2 Å². The lowest BCUT2D eigenvalue weighted by atomic mass is 10.2. The first kappa shape index (κ1) is 23.7. The molecule has 0 spiro atoms. The van der Waals surface area contributed by atoms with E-state index in [1.807, 2.05) is 54.8 Å². The molecule has 4 rings (SSSR count). The van der Waals surface area contributed by atoms with Gasteiger partial charge in [-0.25, -0.2) is 8.42 Å². The van der Waals surface area contributed by atoms with Gasteiger partial charge in [-0.1, -0.05) is 68.1 Å². The molecule has 1 unspecified atom stereocenters. The van der Waals surface area contributed by atoms with Crippen LogP contribution in [0, 0.1) is 0 Å². The van der Waals surface area contributed by atoms with Gasteiger partial charge in [-0.15, -0.1) is 10.2 Å². The second-order valence-electron chi connectivity index (χ2n) is 7.96. The van der Waals surface area contributed by atoms with E-state index >= 15 is 0 Å². The second kappa shape index (κ2) is 10.2. The number of rotatable bonds is 9. The topological polar surface area (TPSA) is 85.2 Å². The minimum absolute atomic E-state index is 0.106. The summed E-state index contributed by atoms with van der Waals surface area (Å²) in [6.07, 6.45) is 2.36. The maximum absolute atomic E-state index is 13.1. The van der Waals surface area contributed by atoms with Gasteiger partial charge < -0.3 is 0 Å². The van der Waals surface area contributed by atoms with Crippen LogP contribution in [0.3, 0.4) is 0 Å². The quantitative estimate of drug-likeness (QED) is 0.452. The normalized spacial score (nSPS) is 16.6. The minimum Gasteiger partial charge on any atom is -0.298 e. The number of aromatic nitrogens is 3. The first-order valence-corrected chi connectivity index (χ1v) is 13.5. The van der Waals surface area contributed by atoms with Gasteiger partial charge in [0, 0.05) is 25.1 Å². The molecule has 0 saturated heterocycles. The summed E-state index contributed by atoms with van der Waals surface area (Å²) in [5.74, 6) is 0.839. The number of carbonyl (C=O) groups is 1. The van der Waals surface area contributed by atoms with Crippen LogP contribution in [0.15, 0.2) is 64.6 Å². The lowest BCUT2D eigenvalue weighted by Crippen LogP contribution is -2.30. The van der Waals surface area contributed by atoms with Crippen molar-refractivity contribution in [2.45, 2.75) is 55.0 Å². The van der Waals surface area contributed by atoms with E-state index in [1.165, 1.54) is 16.1 Å². The highest BCUT2D eigenvalue weighted by Crippen LogP contribution is 2.34. The van der Waals surface area contributed by atoms with E-state index in [4.69, 9.17) is 0 Å². The van der Waals surface area contributed by atoms with Crippen LogP contribution >= 0.6 is 11.8 Å². The number of nitrogens with zero attached hydrogens (tertiary/aromatic N) is 4. The number of carbonyl (C=O) groups excluding carboxylic acids is 1. The van der Waals surface area contributed by atoms with Gasteiger partial charge in [-0.3, -0.25) is 9.36 Å². The highest BCUT2D eigenvalue weighted by Gasteiger charge is 2.29. The molecular formula is C24H28N4O3S2. The number of ketones is 1. The van der Waals surface area contributed by atoms with Crippen LogP contribution in [-0.2, 0) is 21.4 Å². The van der Waals surface area contributed by atoms with Crippen LogP contribution in [0.5, 0.6) is 0 Å². The van der Waals surface area contributed by atoms with Gasteiger partial charge in [0.15, 0.2) is 11.0 Å². The summed E-state index contributed by atoms with van der Waals surface area (Å²) >= 11 is 1.46. The molecule has 0 N–H and O–H groups in total. The molecule has 1 fully saturated rings. The number of benzene rings is 2.